The third kappa shape index (κ3) is 3.32. The average Bonchev–Trinajstić information content (AvgIpc) is 2.74. The normalized spacial score (nSPS) is 15.2. The minimum atomic E-state index is 0.355. The molecule has 0 aromatic carbocycles. The number of hydrogen-bond acceptors (Lipinski definition) is 3. The van der Waals surface area contributed by atoms with Crippen LogP contribution in [-0.4, -0.2) is 30.5 Å². The summed E-state index contributed by atoms with van der Waals surface area (Å²) in [4.78, 5) is 0. The second kappa shape index (κ2) is 5.88. The van der Waals surface area contributed by atoms with Crippen LogP contribution in [0.15, 0.2) is 12.4 Å². The van der Waals surface area contributed by atoms with Gasteiger partial charge < -0.3 is 10.1 Å². The van der Waals surface area contributed by atoms with Crippen LogP contribution in [0.2, 0.25) is 0 Å². The van der Waals surface area contributed by atoms with Gasteiger partial charge in [-0.25, -0.2) is 0 Å². The van der Waals surface area contributed by atoms with Gasteiger partial charge in [0.1, 0.15) is 0 Å². The van der Waals surface area contributed by atoms with E-state index in [1.807, 2.05) is 17.9 Å². The zero-order valence-corrected chi connectivity index (χ0v) is 10.0. The smallest absolute Gasteiger partial charge is 0.0537 e. The average molecular weight is 211 g/mol. The van der Waals surface area contributed by atoms with Crippen molar-refractivity contribution in [1.29, 1.82) is 0 Å². The summed E-state index contributed by atoms with van der Waals surface area (Å²) in [6.45, 7) is 5.05. The first-order chi connectivity index (χ1) is 7.19. The molecule has 86 valence electrons. The fourth-order valence-electron chi connectivity index (χ4n) is 1.40. The number of nitrogens with one attached hydrogen (secondary N) is 1. The summed E-state index contributed by atoms with van der Waals surface area (Å²) in [6, 6.07) is 0.746. The Morgan fingerprint density at radius 3 is 2.87 bits per heavy atom. The molecule has 1 rings (SSSR count). The predicted molar refractivity (Wildman–Crippen MR) is 60.9 cm³/mol. The number of nitrogens with zero attached hydrogens (tertiary/aromatic N) is 2. The van der Waals surface area contributed by atoms with Crippen LogP contribution in [0.5, 0.6) is 0 Å². The highest BCUT2D eigenvalue weighted by molar-refractivity contribution is 5.09. The SMILES string of the molecule is CNC(C)c1cnn(C(C)CCOC)c1. The molecule has 0 radical (unpaired) electrons. The summed E-state index contributed by atoms with van der Waals surface area (Å²) in [5, 5.41) is 7.56. The van der Waals surface area contributed by atoms with Crippen molar-refractivity contribution in [2.45, 2.75) is 32.4 Å². The lowest BCUT2D eigenvalue weighted by molar-refractivity contribution is 0.178. The molecule has 1 aromatic rings. The molecule has 0 aliphatic heterocycles. The van der Waals surface area contributed by atoms with Crippen LogP contribution in [0.1, 0.15) is 37.9 Å². The Kier molecular flexibility index (Phi) is 4.78. The monoisotopic (exact) mass is 211 g/mol. The molecular weight excluding hydrogens is 190 g/mol. The number of ether oxygens (including phenoxy) is 1. The largest absolute Gasteiger partial charge is 0.385 e. The van der Waals surface area contributed by atoms with Gasteiger partial charge >= 0.3 is 0 Å². The van der Waals surface area contributed by atoms with Crippen molar-refractivity contribution in [2.24, 2.45) is 0 Å². The van der Waals surface area contributed by atoms with E-state index in [0.29, 0.717) is 12.1 Å². The lowest BCUT2D eigenvalue weighted by Gasteiger charge is -2.11. The highest BCUT2D eigenvalue weighted by Gasteiger charge is 2.09. The van der Waals surface area contributed by atoms with E-state index in [0.717, 1.165) is 13.0 Å². The summed E-state index contributed by atoms with van der Waals surface area (Å²) in [5.74, 6) is 0. The molecule has 0 aliphatic carbocycles. The molecule has 2 unspecified atom stereocenters. The molecule has 0 amide bonds. The van der Waals surface area contributed by atoms with Crippen LogP contribution < -0.4 is 5.32 Å². The Labute approximate surface area is 91.6 Å². The maximum Gasteiger partial charge on any atom is 0.0537 e. The van der Waals surface area contributed by atoms with E-state index >= 15 is 0 Å². The second-order valence-corrected chi connectivity index (χ2v) is 3.89. The molecule has 1 aromatic heterocycles. The van der Waals surface area contributed by atoms with Crippen LogP contribution in [0.25, 0.3) is 0 Å². The summed E-state index contributed by atoms with van der Waals surface area (Å²) < 4.78 is 7.06. The topological polar surface area (TPSA) is 39.1 Å². The highest BCUT2D eigenvalue weighted by atomic mass is 16.5. The maximum atomic E-state index is 5.06. The van der Waals surface area contributed by atoms with Crippen molar-refractivity contribution in [1.82, 2.24) is 15.1 Å². The Balaban J connectivity index is 2.58. The molecule has 1 heterocycles. The lowest BCUT2D eigenvalue weighted by Crippen LogP contribution is -2.12. The molecule has 0 spiro atoms. The standard InChI is InChI=1S/C11H21N3O/c1-9(5-6-15-4)14-8-11(7-13-14)10(2)12-3/h7-10,12H,5-6H2,1-4H3. The summed E-state index contributed by atoms with van der Waals surface area (Å²) in [7, 11) is 3.68. The second-order valence-electron chi connectivity index (χ2n) is 3.89. The zero-order valence-electron chi connectivity index (χ0n) is 10.0. The van der Waals surface area contributed by atoms with Crippen LogP contribution in [-0.2, 0) is 4.74 Å². The first kappa shape index (κ1) is 12.2. The molecule has 1 N–H and O–H groups in total. The third-order valence-corrected chi connectivity index (χ3v) is 2.75. The summed E-state index contributed by atoms with van der Waals surface area (Å²) in [6.07, 6.45) is 5.01. The van der Waals surface area contributed by atoms with E-state index in [4.69, 9.17) is 4.74 Å². The number of hydrogen-bond donors (Lipinski definition) is 1. The minimum absolute atomic E-state index is 0.355. The van der Waals surface area contributed by atoms with Gasteiger partial charge in [0, 0.05) is 31.5 Å². The lowest BCUT2D eigenvalue weighted by atomic mass is 10.2. The Morgan fingerprint density at radius 2 is 2.27 bits per heavy atom. The molecule has 0 saturated carbocycles. The summed E-state index contributed by atoms with van der Waals surface area (Å²) in [5.41, 5.74) is 1.22. The van der Waals surface area contributed by atoms with E-state index in [1.54, 1.807) is 7.11 Å². The Bertz CT molecular complexity index is 285. The first-order valence-corrected chi connectivity index (χ1v) is 5.39. The molecule has 4 heteroatoms. The van der Waals surface area contributed by atoms with E-state index in [9.17, 15) is 0 Å². The van der Waals surface area contributed by atoms with E-state index in [-0.39, 0.29) is 0 Å². The highest BCUT2D eigenvalue weighted by Crippen LogP contribution is 2.15. The van der Waals surface area contributed by atoms with Gasteiger partial charge in [-0.05, 0) is 27.3 Å². The van der Waals surface area contributed by atoms with Gasteiger partial charge in [-0.15, -0.1) is 0 Å². The van der Waals surface area contributed by atoms with Gasteiger partial charge in [0.2, 0.25) is 0 Å². The van der Waals surface area contributed by atoms with E-state index in [1.165, 1.54) is 5.56 Å². The Morgan fingerprint density at radius 1 is 1.53 bits per heavy atom. The third-order valence-electron chi connectivity index (χ3n) is 2.75. The molecule has 2 atom stereocenters. The van der Waals surface area contributed by atoms with Crippen molar-refractivity contribution >= 4 is 0 Å². The van der Waals surface area contributed by atoms with Crippen LogP contribution in [0.3, 0.4) is 0 Å². The van der Waals surface area contributed by atoms with Gasteiger partial charge in [0.25, 0.3) is 0 Å². The fourth-order valence-corrected chi connectivity index (χ4v) is 1.40. The number of aromatic nitrogens is 2. The van der Waals surface area contributed by atoms with E-state index in [2.05, 4.69) is 30.5 Å². The number of rotatable bonds is 6. The molecule has 0 bridgehead atoms. The first-order valence-electron chi connectivity index (χ1n) is 5.39. The maximum absolute atomic E-state index is 5.06. The van der Waals surface area contributed by atoms with Gasteiger partial charge in [-0.2, -0.15) is 5.10 Å². The van der Waals surface area contributed by atoms with Gasteiger partial charge in [0.05, 0.1) is 12.2 Å². The molecular formula is C11H21N3O. The van der Waals surface area contributed by atoms with Crippen LogP contribution >= 0.6 is 0 Å². The van der Waals surface area contributed by atoms with Gasteiger partial charge in [-0.3, -0.25) is 4.68 Å². The Hall–Kier alpha value is -0.870. The fraction of sp³-hybridized carbons (Fsp3) is 0.727. The van der Waals surface area contributed by atoms with Crippen LogP contribution in [0.4, 0.5) is 0 Å². The van der Waals surface area contributed by atoms with Crippen LogP contribution in [0, 0.1) is 0 Å². The molecule has 15 heavy (non-hydrogen) atoms. The van der Waals surface area contributed by atoms with Crippen molar-refractivity contribution in [2.75, 3.05) is 20.8 Å². The molecule has 0 fully saturated rings. The van der Waals surface area contributed by atoms with Crippen molar-refractivity contribution in [3.8, 4) is 0 Å². The van der Waals surface area contributed by atoms with E-state index < -0.39 is 0 Å². The quantitative estimate of drug-likeness (QED) is 0.779. The number of methoxy groups -OCH3 is 1. The van der Waals surface area contributed by atoms with Crippen molar-refractivity contribution < 1.29 is 4.74 Å². The zero-order chi connectivity index (χ0) is 11.3. The van der Waals surface area contributed by atoms with Gasteiger partial charge in [0.15, 0.2) is 0 Å². The van der Waals surface area contributed by atoms with Crippen molar-refractivity contribution in [3.05, 3.63) is 18.0 Å². The predicted octanol–water partition coefficient (Wildman–Crippen LogP) is 1.76. The van der Waals surface area contributed by atoms with Gasteiger partial charge in [-0.1, -0.05) is 0 Å². The summed E-state index contributed by atoms with van der Waals surface area (Å²) >= 11 is 0. The minimum Gasteiger partial charge on any atom is -0.385 e. The molecule has 4 nitrogen and oxygen atoms in total. The molecule has 0 aliphatic rings. The molecule has 0 saturated heterocycles. The van der Waals surface area contributed by atoms with Crippen molar-refractivity contribution in [3.63, 3.8) is 0 Å².